The number of rotatable bonds is 2. The summed E-state index contributed by atoms with van der Waals surface area (Å²) in [5.41, 5.74) is 6.29. The Morgan fingerprint density at radius 3 is 2.85 bits per heavy atom. The summed E-state index contributed by atoms with van der Waals surface area (Å²) in [5, 5.41) is 17.0. The highest BCUT2D eigenvalue weighted by Crippen LogP contribution is 2.30. The minimum atomic E-state index is -0.539. The second-order valence-corrected chi connectivity index (χ2v) is 3.68. The zero-order chi connectivity index (χ0) is 9.42. The van der Waals surface area contributed by atoms with Crippen molar-refractivity contribution in [3.05, 3.63) is 11.9 Å². The maximum atomic E-state index is 9.22. The van der Waals surface area contributed by atoms with Crippen LogP contribution >= 0.6 is 0 Å². The summed E-state index contributed by atoms with van der Waals surface area (Å²) < 4.78 is 1.80. The molecule has 5 heteroatoms. The van der Waals surface area contributed by atoms with Crippen LogP contribution in [0.1, 0.15) is 37.6 Å². The van der Waals surface area contributed by atoms with E-state index in [1.54, 1.807) is 17.8 Å². The van der Waals surface area contributed by atoms with Gasteiger partial charge in [-0.2, -0.15) is 0 Å². The first kappa shape index (κ1) is 8.65. The number of aromatic nitrogens is 3. The van der Waals surface area contributed by atoms with Crippen molar-refractivity contribution in [3.63, 3.8) is 0 Å². The molecule has 0 saturated heterocycles. The fourth-order valence-corrected chi connectivity index (χ4v) is 1.51. The van der Waals surface area contributed by atoms with Crippen molar-refractivity contribution in [1.29, 1.82) is 0 Å². The predicted molar refractivity (Wildman–Crippen MR) is 46.9 cm³/mol. The number of nitrogens with two attached hydrogens (primary N) is 1. The van der Waals surface area contributed by atoms with Gasteiger partial charge in [0.05, 0.1) is 18.3 Å². The third kappa shape index (κ3) is 1.57. The molecule has 1 saturated carbocycles. The molecule has 1 unspecified atom stereocenters. The summed E-state index contributed by atoms with van der Waals surface area (Å²) in [6, 6.07) is 0.694. The summed E-state index contributed by atoms with van der Waals surface area (Å²) in [7, 11) is 0. The smallest absolute Gasteiger partial charge is 0.111 e. The van der Waals surface area contributed by atoms with Gasteiger partial charge >= 0.3 is 0 Å². The van der Waals surface area contributed by atoms with Crippen molar-refractivity contribution < 1.29 is 5.11 Å². The predicted octanol–water partition coefficient (Wildman–Crippen LogP) is -0.00640. The summed E-state index contributed by atoms with van der Waals surface area (Å²) in [4.78, 5) is 0. The lowest BCUT2D eigenvalue weighted by Gasteiger charge is -2.31. The summed E-state index contributed by atoms with van der Waals surface area (Å²) in [5.74, 6) is 0. The van der Waals surface area contributed by atoms with Crippen molar-refractivity contribution in [1.82, 2.24) is 15.0 Å². The monoisotopic (exact) mass is 182 g/mol. The van der Waals surface area contributed by atoms with Gasteiger partial charge in [-0.05, 0) is 19.8 Å². The quantitative estimate of drug-likeness (QED) is 0.674. The Hall–Kier alpha value is -0.940. The summed E-state index contributed by atoms with van der Waals surface area (Å²) in [6.45, 7) is 1.68. The molecule has 1 fully saturated rings. The van der Waals surface area contributed by atoms with Crippen LogP contribution in [-0.2, 0) is 0 Å². The Labute approximate surface area is 76.5 Å². The van der Waals surface area contributed by atoms with Gasteiger partial charge in [-0.3, -0.25) is 0 Å². The van der Waals surface area contributed by atoms with Crippen LogP contribution in [0, 0.1) is 0 Å². The topological polar surface area (TPSA) is 77.0 Å². The van der Waals surface area contributed by atoms with Crippen molar-refractivity contribution in [3.8, 4) is 0 Å². The van der Waals surface area contributed by atoms with Crippen LogP contribution in [0.2, 0.25) is 0 Å². The molecular formula is C8H14N4O. The Morgan fingerprint density at radius 1 is 1.69 bits per heavy atom. The fourth-order valence-electron chi connectivity index (χ4n) is 1.51. The fraction of sp³-hybridized carbons (Fsp3) is 0.750. The van der Waals surface area contributed by atoms with Gasteiger partial charge in [-0.1, -0.05) is 5.21 Å². The Kier molecular flexibility index (Phi) is 2.05. The summed E-state index contributed by atoms with van der Waals surface area (Å²) in [6.07, 6.45) is 3.18. The molecule has 1 aliphatic carbocycles. The molecule has 0 aromatic carbocycles. The lowest BCUT2D eigenvalue weighted by Crippen LogP contribution is -2.37. The Balaban J connectivity index is 2.06. The lowest BCUT2D eigenvalue weighted by atomic mass is 9.88. The van der Waals surface area contributed by atoms with Gasteiger partial charge in [0.15, 0.2) is 0 Å². The van der Waals surface area contributed by atoms with Crippen LogP contribution < -0.4 is 5.73 Å². The van der Waals surface area contributed by atoms with E-state index in [-0.39, 0.29) is 0 Å². The highest BCUT2D eigenvalue weighted by molar-refractivity contribution is 4.98. The third-order valence-corrected chi connectivity index (χ3v) is 2.48. The van der Waals surface area contributed by atoms with E-state index in [2.05, 4.69) is 10.3 Å². The van der Waals surface area contributed by atoms with Gasteiger partial charge in [0, 0.05) is 6.04 Å². The van der Waals surface area contributed by atoms with Crippen LogP contribution in [0.5, 0.6) is 0 Å². The van der Waals surface area contributed by atoms with Gasteiger partial charge < -0.3 is 10.8 Å². The minimum absolute atomic E-state index is 0.309. The largest absolute Gasteiger partial charge is 0.387 e. The molecule has 1 aromatic rings. The first-order valence-corrected chi connectivity index (χ1v) is 4.52. The normalized spacial score (nSPS) is 29.8. The number of hydrogen-bond acceptors (Lipinski definition) is 4. The lowest BCUT2D eigenvalue weighted by molar-refractivity contribution is 0.194. The minimum Gasteiger partial charge on any atom is -0.387 e. The maximum absolute atomic E-state index is 9.22. The van der Waals surface area contributed by atoms with Gasteiger partial charge in [0.2, 0.25) is 0 Å². The van der Waals surface area contributed by atoms with Crippen LogP contribution in [0.3, 0.4) is 0 Å². The van der Waals surface area contributed by atoms with E-state index in [1.165, 1.54) is 0 Å². The van der Waals surface area contributed by atoms with E-state index in [9.17, 15) is 5.11 Å². The molecule has 0 amide bonds. The number of nitrogens with zero attached hydrogens (tertiary/aromatic N) is 3. The van der Waals surface area contributed by atoms with E-state index in [1.807, 2.05) is 0 Å². The van der Waals surface area contributed by atoms with Crippen LogP contribution in [0.4, 0.5) is 0 Å². The molecule has 0 spiro atoms. The molecule has 13 heavy (non-hydrogen) atoms. The van der Waals surface area contributed by atoms with E-state index < -0.39 is 6.10 Å². The van der Waals surface area contributed by atoms with Gasteiger partial charge in [0.25, 0.3) is 0 Å². The highest BCUT2D eigenvalue weighted by atomic mass is 16.3. The van der Waals surface area contributed by atoms with Crippen LogP contribution in [0.15, 0.2) is 6.20 Å². The molecule has 72 valence electrons. The van der Waals surface area contributed by atoms with E-state index in [0.29, 0.717) is 17.8 Å². The Morgan fingerprint density at radius 2 is 2.38 bits per heavy atom. The van der Waals surface area contributed by atoms with Gasteiger partial charge in [-0.15, -0.1) is 5.10 Å². The molecule has 5 nitrogen and oxygen atoms in total. The molecule has 3 N–H and O–H groups in total. The van der Waals surface area contributed by atoms with Crippen LogP contribution in [0.25, 0.3) is 0 Å². The molecule has 0 aliphatic heterocycles. The molecule has 1 heterocycles. The van der Waals surface area contributed by atoms with Crippen molar-refractivity contribution in [2.75, 3.05) is 0 Å². The second-order valence-electron chi connectivity index (χ2n) is 3.68. The molecule has 1 aliphatic rings. The van der Waals surface area contributed by atoms with Crippen molar-refractivity contribution in [2.24, 2.45) is 5.73 Å². The average molecular weight is 182 g/mol. The van der Waals surface area contributed by atoms with Crippen molar-refractivity contribution >= 4 is 0 Å². The number of aliphatic hydroxyl groups is 1. The highest BCUT2D eigenvalue weighted by Gasteiger charge is 2.28. The molecule has 0 bridgehead atoms. The molecule has 2 rings (SSSR count). The molecule has 1 atom stereocenters. The van der Waals surface area contributed by atoms with Gasteiger partial charge in [-0.25, -0.2) is 4.68 Å². The van der Waals surface area contributed by atoms with E-state index in [4.69, 9.17) is 5.73 Å². The summed E-state index contributed by atoms with van der Waals surface area (Å²) >= 11 is 0. The van der Waals surface area contributed by atoms with E-state index >= 15 is 0 Å². The van der Waals surface area contributed by atoms with Crippen LogP contribution in [-0.4, -0.2) is 26.1 Å². The van der Waals surface area contributed by atoms with Crippen molar-refractivity contribution in [2.45, 2.75) is 38.0 Å². The Bertz CT molecular complexity index is 290. The first-order chi connectivity index (χ1) is 6.16. The number of aliphatic hydroxyl groups excluding tert-OH is 1. The molecule has 0 radical (unpaired) electrons. The molecule has 1 aromatic heterocycles. The second kappa shape index (κ2) is 3.08. The molecular weight excluding hydrogens is 168 g/mol. The van der Waals surface area contributed by atoms with E-state index in [0.717, 1.165) is 12.8 Å². The van der Waals surface area contributed by atoms with Gasteiger partial charge in [0.1, 0.15) is 5.69 Å². The zero-order valence-electron chi connectivity index (χ0n) is 7.59. The standard InChI is InChI=1S/C8H14N4O/c1-5(13)8-4-12(11-10-8)7-2-6(9)3-7/h4-7,13H,2-3,9H2,1H3/t5?,6-,7+. The third-order valence-electron chi connectivity index (χ3n) is 2.48. The average Bonchev–Trinajstić information content (AvgIpc) is 2.46. The number of hydrogen-bond donors (Lipinski definition) is 2. The zero-order valence-corrected chi connectivity index (χ0v) is 7.59. The maximum Gasteiger partial charge on any atom is 0.111 e. The first-order valence-electron chi connectivity index (χ1n) is 4.52. The SMILES string of the molecule is CC(O)c1cn([C@H]2C[C@@H](N)C2)nn1.